The summed E-state index contributed by atoms with van der Waals surface area (Å²) in [5, 5.41) is 0. The maximum atomic E-state index is 9.29. The summed E-state index contributed by atoms with van der Waals surface area (Å²) in [6.45, 7) is 2.03. The van der Waals surface area contributed by atoms with Crippen LogP contribution in [0.4, 0.5) is 0 Å². The molecule has 1 rings (SSSR count). The number of hydrogen-bond acceptors (Lipinski definition) is 4. The molecule has 0 fully saturated rings. The molecule has 0 aliphatic heterocycles. The third-order valence-corrected chi connectivity index (χ3v) is 0.865. The van der Waals surface area contributed by atoms with Crippen molar-refractivity contribution < 1.29 is 30.9 Å². The predicted octanol–water partition coefficient (Wildman–Crippen LogP) is 0.271. The third kappa shape index (κ3) is 19.3. The van der Waals surface area contributed by atoms with Gasteiger partial charge in [-0.25, -0.2) is 0 Å². The van der Waals surface area contributed by atoms with E-state index in [2.05, 4.69) is 30.1 Å². The zero-order valence-electron chi connectivity index (χ0n) is 6.80. The Bertz CT molecular complexity index is 254. The Morgan fingerprint density at radius 1 is 1.46 bits per heavy atom. The van der Waals surface area contributed by atoms with Crippen molar-refractivity contribution in [3.05, 3.63) is 35.9 Å². The van der Waals surface area contributed by atoms with Crippen LogP contribution in [0.2, 0.25) is 0 Å². The first kappa shape index (κ1) is 16.3. The Balaban J connectivity index is 0. The van der Waals surface area contributed by atoms with E-state index >= 15 is 0 Å². The number of hydrogen-bond donors (Lipinski definition) is 0. The minimum atomic E-state index is -3.72. The van der Waals surface area contributed by atoms with Gasteiger partial charge in [-0.3, -0.25) is 0 Å². The minimum absolute atomic E-state index is 0. The molecule has 0 aromatic heterocycles. The number of aryl methyl sites for hydroxylation is 1. The summed E-state index contributed by atoms with van der Waals surface area (Å²) in [5.41, 5.74) is -2.53. The molecule has 1 aromatic rings. The van der Waals surface area contributed by atoms with Crippen LogP contribution in [0.3, 0.4) is 0 Å². The van der Waals surface area contributed by atoms with Crippen molar-refractivity contribution in [3.63, 3.8) is 0 Å². The first-order chi connectivity index (χ1) is 5.39. The fraction of sp³-hybridized carbons (Fsp3) is 0.143. The largest absolute Gasteiger partial charge is 4.00 e. The third-order valence-electron chi connectivity index (χ3n) is 0.865. The van der Waals surface area contributed by atoms with Crippen molar-refractivity contribution in [2.45, 2.75) is 6.92 Å². The van der Waals surface area contributed by atoms with Gasteiger partial charge in [-0.1, -0.05) is 6.92 Å². The van der Waals surface area contributed by atoms with Crippen LogP contribution in [0.25, 0.3) is 0 Å². The number of benzene rings is 1. The van der Waals surface area contributed by atoms with Crippen LogP contribution in [0, 0.1) is 13.0 Å². The quantitative estimate of drug-likeness (QED) is 0.298. The van der Waals surface area contributed by atoms with E-state index in [1.807, 2.05) is 31.2 Å². The van der Waals surface area contributed by atoms with E-state index in [0.29, 0.717) is 0 Å². The molecule has 2 nitrogen and oxygen atoms in total. The Morgan fingerprint density at radius 2 is 1.92 bits per heavy atom. The molecule has 0 heterocycles. The average Bonchev–Trinajstić information content (AvgIpc) is 1.85. The van der Waals surface area contributed by atoms with Crippen molar-refractivity contribution in [2.24, 2.45) is 0 Å². The molecule has 6 heteroatoms. The van der Waals surface area contributed by atoms with E-state index in [0.717, 1.165) is 0 Å². The smallest absolute Gasteiger partial charge is 0.850 e. The first-order valence-electron chi connectivity index (χ1n) is 3.06. The fourth-order valence-electron chi connectivity index (χ4n) is 0.483. The Morgan fingerprint density at radius 3 is 2.08 bits per heavy atom. The van der Waals surface area contributed by atoms with Crippen molar-refractivity contribution in [2.75, 3.05) is 0 Å². The fourth-order valence-corrected chi connectivity index (χ4v) is 0.483. The molecule has 0 bridgehead atoms. The first-order valence-corrected chi connectivity index (χ1v) is 6.71. The summed E-state index contributed by atoms with van der Waals surface area (Å²) in [7, 11) is 0. The second-order valence-electron chi connectivity index (χ2n) is 1.99. The Kier molecular flexibility index (Phi) is 10.2. The van der Waals surface area contributed by atoms with Crippen molar-refractivity contribution in [1.29, 1.82) is 0 Å². The SMILES string of the molecule is Cc1[c-]cccc1.[Mo+4].[O-]P([O-])(=S)[S-]. The number of rotatable bonds is 0. The van der Waals surface area contributed by atoms with E-state index < -0.39 is 5.69 Å². The van der Waals surface area contributed by atoms with E-state index in [-0.39, 0.29) is 21.1 Å². The van der Waals surface area contributed by atoms with Gasteiger partial charge in [0.15, 0.2) is 0 Å². The maximum absolute atomic E-state index is 9.29. The molecule has 0 unspecified atom stereocenters. The summed E-state index contributed by atoms with van der Waals surface area (Å²) in [5.74, 6) is 0. The zero-order valence-corrected chi connectivity index (χ0v) is 11.3. The molecular weight excluding hydrogens is 307 g/mol. The maximum Gasteiger partial charge on any atom is 4.00 e. The molecule has 0 N–H and O–H groups in total. The molecule has 0 radical (unpaired) electrons. The second-order valence-corrected chi connectivity index (χ2v) is 6.46. The molecular formula is C7H7MoO2PS2. The summed E-state index contributed by atoms with van der Waals surface area (Å²) >= 11 is 7.28. The van der Waals surface area contributed by atoms with Crippen LogP contribution in [0.1, 0.15) is 5.56 Å². The Hall–Kier alpha value is 0.828. The van der Waals surface area contributed by atoms with Crippen LogP contribution < -0.4 is 9.79 Å². The summed E-state index contributed by atoms with van der Waals surface area (Å²) in [6, 6.07) is 10.9. The average molecular weight is 314 g/mol. The Labute approximate surface area is 103 Å². The van der Waals surface area contributed by atoms with E-state index in [1.165, 1.54) is 5.56 Å². The molecule has 0 saturated carbocycles. The zero-order chi connectivity index (χ0) is 9.61. The van der Waals surface area contributed by atoms with Gasteiger partial charge in [0.05, 0.1) is 0 Å². The van der Waals surface area contributed by atoms with Gasteiger partial charge in [0.1, 0.15) is 0 Å². The molecule has 1 aromatic carbocycles. The minimum Gasteiger partial charge on any atom is -0.850 e. The van der Waals surface area contributed by atoms with Crippen LogP contribution in [-0.4, -0.2) is 0 Å². The molecule has 0 spiro atoms. The molecule has 0 atom stereocenters. The van der Waals surface area contributed by atoms with Gasteiger partial charge in [-0.15, -0.1) is 0 Å². The van der Waals surface area contributed by atoms with Gasteiger partial charge in [0.2, 0.25) is 0 Å². The molecule has 0 saturated heterocycles. The summed E-state index contributed by atoms with van der Waals surface area (Å²) in [4.78, 5) is 18.6. The van der Waals surface area contributed by atoms with E-state index in [1.54, 1.807) is 0 Å². The van der Waals surface area contributed by atoms with Gasteiger partial charge in [0.25, 0.3) is 0 Å². The predicted molar refractivity (Wildman–Crippen MR) is 51.7 cm³/mol. The van der Waals surface area contributed by atoms with E-state index in [4.69, 9.17) is 0 Å². The molecule has 0 amide bonds. The van der Waals surface area contributed by atoms with Crippen LogP contribution in [-0.2, 0) is 45.1 Å². The van der Waals surface area contributed by atoms with Crippen molar-refractivity contribution in [3.8, 4) is 0 Å². The van der Waals surface area contributed by atoms with Gasteiger partial charge >= 0.3 is 21.1 Å². The van der Waals surface area contributed by atoms with Gasteiger partial charge < -0.3 is 27.7 Å². The summed E-state index contributed by atoms with van der Waals surface area (Å²) in [6.07, 6.45) is 0. The van der Waals surface area contributed by atoms with Crippen LogP contribution >= 0.6 is 5.69 Å². The van der Waals surface area contributed by atoms with Crippen LogP contribution in [0.5, 0.6) is 0 Å². The van der Waals surface area contributed by atoms with Gasteiger partial charge in [-0.05, 0) is 0 Å². The normalized spacial score (nSPS) is 9.23. The van der Waals surface area contributed by atoms with Gasteiger partial charge in [0, 0.05) is 0 Å². The molecule has 0 aliphatic rings. The topological polar surface area (TPSA) is 46.1 Å². The molecule has 0 aliphatic carbocycles. The standard InChI is InChI=1S/C7H7.Mo.H3O2PS2/c1-7-5-3-2-4-6-7;;1-3(2,4)5/h2-5H,1H3;;(H3,1,2,4,5)/q-1;+4;/p-3. The van der Waals surface area contributed by atoms with Gasteiger partial charge in [-0.2, -0.15) is 47.7 Å². The second kappa shape index (κ2) is 8.16. The molecule has 70 valence electrons. The van der Waals surface area contributed by atoms with Crippen molar-refractivity contribution in [1.82, 2.24) is 0 Å². The van der Waals surface area contributed by atoms with Crippen LogP contribution in [0.15, 0.2) is 24.3 Å². The monoisotopic (exact) mass is 316 g/mol. The van der Waals surface area contributed by atoms with Crippen molar-refractivity contribution >= 4 is 29.7 Å². The summed E-state index contributed by atoms with van der Waals surface area (Å²) < 4.78 is 0. The van der Waals surface area contributed by atoms with E-state index in [9.17, 15) is 9.79 Å². The molecule has 13 heavy (non-hydrogen) atoms.